The Morgan fingerprint density at radius 2 is 2.03 bits per heavy atom. The molecule has 8 nitrogen and oxygen atoms in total. The van der Waals surface area contributed by atoms with Gasteiger partial charge in [-0.05, 0) is 44.4 Å². The SMILES string of the molecule is CC(C)(C)OC(=O)N1C[C@H](Oc2nccc3c4c(ccc23)OCC4)C[C@H]1C(=O)O. The Hall–Kier alpha value is -3.03. The maximum atomic E-state index is 12.5. The number of fused-ring (bicyclic) bond motifs is 3. The molecule has 1 aromatic heterocycles. The fourth-order valence-corrected chi connectivity index (χ4v) is 3.82. The predicted octanol–water partition coefficient (Wildman–Crippen LogP) is 3.01. The number of aromatic nitrogens is 1. The van der Waals surface area contributed by atoms with Crippen LogP contribution in [0.3, 0.4) is 0 Å². The Balaban J connectivity index is 1.57. The largest absolute Gasteiger partial charge is 0.493 e. The summed E-state index contributed by atoms with van der Waals surface area (Å²) in [5, 5.41) is 11.4. The van der Waals surface area contributed by atoms with E-state index in [1.54, 1.807) is 27.0 Å². The number of ether oxygens (including phenoxy) is 3. The molecule has 3 heterocycles. The van der Waals surface area contributed by atoms with Gasteiger partial charge in [-0.25, -0.2) is 14.6 Å². The quantitative estimate of drug-likeness (QED) is 0.846. The Labute approximate surface area is 168 Å². The first-order valence-electron chi connectivity index (χ1n) is 9.65. The fourth-order valence-electron chi connectivity index (χ4n) is 3.82. The van der Waals surface area contributed by atoms with Crippen LogP contribution >= 0.6 is 0 Å². The maximum Gasteiger partial charge on any atom is 0.411 e. The Morgan fingerprint density at radius 3 is 2.76 bits per heavy atom. The van der Waals surface area contributed by atoms with Crippen LogP contribution in [0.4, 0.5) is 4.79 Å². The lowest BCUT2D eigenvalue weighted by atomic mass is 10.0. The van der Waals surface area contributed by atoms with Crippen molar-refractivity contribution in [3.63, 3.8) is 0 Å². The van der Waals surface area contributed by atoms with E-state index in [0.29, 0.717) is 12.5 Å². The van der Waals surface area contributed by atoms with E-state index in [-0.39, 0.29) is 13.0 Å². The summed E-state index contributed by atoms with van der Waals surface area (Å²) < 4.78 is 17.1. The van der Waals surface area contributed by atoms with E-state index in [1.165, 1.54) is 4.90 Å². The molecule has 4 rings (SSSR count). The van der Waals surface area contributed by atoms with Crippen molar-refractivity contribution in [1.82, 2.24) is 9.88 Å². The summed E-state index contributed by atoms with van der Waals surface area (Å²) in [5.74, 6) is 0.220. The third kappa shape index (κ3) is 3.79. The van der Waals surface area contributed by atoms with Crippen LogP contribution in [0.1, 0.15) is 32.8 Å². The average molecular weight is 400 g/mol. The number of nitrogens with zero attached hydrogens (tertiary/aromatic N) is 2. The molecule has 2 atom stereocenters. The first-order valence-corrected chi connectivity index (χ1v) is 9.65. The minimum atomic E-state index is -1.08. The lowest BCUT2D eigenvalue weighted by Crippen LogP contribution is -2.43. The minimum absolute atomic E-state index is 0.123. The van der Waals surface area contributed by atoms with Gasteiger partial charge in [0.25, 0.3) is 0 Å². The van der Waals surface area contributed by atoms with Crippen molar-refractivity contribution in [1.29, 1.82) is 0 Å². The molecule has 0 radical (unpaired) electrons. The minimum Gasteiger partial charge on any atom is -0.493 e. The van der Waals surface area contributed by atoms with Crippen LogP contribution in [0.2, 0.25) is 0 Å². The second kappa shape index (κ2) is 7.09. The molecule has 0 bridgehead atoms. The van der Waals surface area contributed by atoms with Crippen LogP contribution in [0, 0.1) is 0 Å². The number of carboxylic acids is 1. The van der Waals surface area contributed by atoms with Gasteiger partial charge < -0.3 is 19.3 Å². The number of hydrogen-bond acceptors (Lipinski definition) is 6. The molecule has 1 amide bonds. The molecule has 2 aliphatic heterocycles. The van der Waals surface area contributed by atoms with Crippen molar-refractivity contribution >= 4 is 22.8 Å². The monoisotopic (exact) mass is 400 g/mol. The number of carbonyl (C=O) groups is 2. The smallest absolute Gasteiger partial charge is 0.411 e. The normalized spacial score (nSPS) is 21.0. The summed E-state index contributed by atoms with van der Waals surface area (Å²) >= 11 is 0. The molecule has 0 aliphatic carbocycles. The maximum absolute atomic E-state index is 12.5. The van der Waals surface area contributed by atoms with Gasteiger partial charge in [0.2, 0.25) is 5.88 Å². The Bertz CT molecular complexity index is 968. The Kier molecular flexibility index (Phi) is 4.72. The van der Waals surface area contributed by atoms with Gasteiger partial charge >= 0.3 is 12.1 Å². The number of rotatable bonds is 3. The van der Waals surface area contributed by atoms with E-state index in [1.807, 2.05) is 18.2 Å². The molecule has 154 valence electrons. The third-order valence-corrected chi connectivity index (χ3v) is 5.04. The van der Waals surface area contributed by atoms with Gasteiger partial charge in [0.15, 0.2) is 0 Å². The molecule has 1 N–H and O–H groups in total. The second-order valence-electron chi connectivity index (χ2n) is 8.31. The van der Waals surface area contributed by atoms with Crippen molar-refractivity contribution in [3.05, 3.63) is 30.0 Å². The molecule has 1 aromatic carbocycles. The highest BCUT2D eigenvalue weighted by Gasteiger charge is 2.43. The van der Waals surface area contributed by atoms with Gasteiger partial charge in [0.05, 0.1) is 13.2 Å². The highest BCUT2D eigenvalue weighted by molar-refractivity contribution is 5.91. The first-order chi connectivity index (χ1) is 13.7. The van der Waals surface area contributed by atoms with Crippen LogP contribution in [0.25, 0.3) is 10.8 Å². The number of carboxylic acid groups (broad SMARTS) is 1. The zero-order valence-electron chi connectivity index (χ0n) is 16.7. The molecule has 8 heteroatoms. The lowest BCUT2D eigenvalue weighted by molar-refractivity contribution is -0.142. The third-order valence-electron chi connectivity index (χ3n) is 5.04. The number of benzene rings is 1. The zero-order chi connectivity index (χ0) is 20.8. The second-order valence-corrected chi connectivity index (χ2v) is 8.31. The lowest BCUT2D eigenvalue weighted by Gasteiger charge is -2.26. The molecule has 0 unspecified atom stereocenters. The van der Waals surface area contributed by atoms with Gasteiger partial charge in [0.1, 0.15) is 23.5 Å². The average Bonchev–Trinajstić information content (AvgIpc) is 3.27. The van der Waals surface area contributed by atoms with Crippen molar-refractivity contribution in [3.8, 4) is 11.6 Å². The standard InChI is InChI=1S/C21H24N2O6/c1-21(2,3)29-20(26)23-11-12(10-16(23)19(24)25)28-18-15-4-5-17-14(7-9-27-17)13(15)6-8-22-18/h4-6,8,12,16H,7,9-11H2,1-3H3,(H,24,25)/t12-,16+/m1/s1. The first kappa shape index (κ1) is 19.3. The predicted molar refractivity (Wildman–Crippen MR) is 104 cm³/mol. The van der Waals surface area contributed by atoms with Crippen molar-refractivity contribution < 1.29 is 28.9 Å². The number of likely N-dealkylation sites (tertiary alicyclic amines) is 1. The van der Waals surface area contributed by atoms with E-state index in [4.69, 9.17) is 14.2 Å². The fraction of sp³-hybridized carbons (Fsp3) is 0.476. The highest BCUT2D eigenvalue weighted by atomic mass is 16.6. The molecular formula is C21H24N2O6. The summed E-state index contributed by atoms with van der Waals surface area (Å²) in [7, 11) is 0. The van der Waals surface area contributed by atoms with E-state index < -0.39 is 29.8 Å². The Morgan fingerprint density at radius 1 is 1.24 bits per heavy atom. The number of hydrogen-bond donors (Lipinski definition) is 1. The summed E-state index contributed by atoms with van der Waals surface area (Å²) in [6.07, 6.45) is 1.52. The van der Waals surface area contributed by atoms with E-state index in [0.717, 1.165) is 28.5 Å². The summed E-state index contributed by atoms with van der Waals surface area (Å²) in [5.41, 5.74) is 0.415. The van der Waals surface area contributed by atoms with E-state index >= 15 is 0 Å². The van der Waals surface area contributed by atoms with Gasteiger partial charge in [-0.3, -0.25) is 4.90 Å². The molecule has 1 saturated heterocycles. The number of aliphatic carboxylic acids is 1. The van der Waals surface area contributed by atoms with E-state index in [2.05, 4.69) is 4.98 Å². The molecule has 1 fully saturated rings. The van der Waals surface area contributed by atoms with E-state index in [9.17, 15) is 14.7 Å². The zero-order valence-corrected chi connectivity index (χ0v) is 16.7. The molecule has 0 saturated carbocycles. The van der Waals surface area contributed by atoms with Crippen molar-refractivity contribution in [2.45, 2.75) is 51.4 Å². The summed E-state index contributed by atoms with van der Waals surface area (Å²) in [6, 6.07) is 4.73. The molecule has 0 spiro atoms. The van der Waals surface area contributed by atoms with Crippen LogP contribution in [-0.4, -0.2) is 58.0 Å². The number of carbonyl (C=O) groups excluding carboxylic acids is 1. The molecule has 29 heavy (non-hydrogen) atoms. The highest BCUT2D eigenvalue weighted by Crippen LogP contribution is 2.36. The van der Waals surface area contributed by atoms with Crippen LogP contribution in [0.15, 0.2) is 24.4 Å². The number of amides is 1. The van der Waals surface area contributed by atoms with Crippen molar-refractivity contribution in [2.24, 2.45) is 0 Å². The van der Waals surface area contributed by atoms with Gasteiger partial charge in [-0.1, -0.05) is 0 Å². The van der Waals surface area contributed by atoms with Crippen LogP contribution in [-0.2, 0) is 16.0 Å². The summed E-state index contributed by atoms with van der Waals surface area (Å²) in [4.78, 5) is 29.7. The van der Waals surface area contributed by atoms with Crippen LogP contribution < -0.4 is 9.47 Å². The van der Waals surface area contributed by atoms with Crippen molar-refractivity contribution in [2.75, 3.05) is 13.2 Å². The van der Waals surface area contributed by atoms with Gasteiger partial charge in [-0.15, -0.1) is 0 Å². The van der Waals surface area contributed by atoms with Gasteiger partial charge in [-0.2, -0.15) is 0 Å². The topological polar surface area (TPSA) is 98.2 Å². The molecule has 2 aliphatic rings. The van der Waals surface area contributed by atoms with Crippen LogP contribution in [0.5, 0.6) is 11.6 Å². The molecule has 2 aromatic rings. The molecular weight excluding hydrogens is 376 g/mol. The number of pyridine rings is 1. The van der Waals surface area contributed by atoms with Gasteiger partial charge in [0, 0.05) is 30.0 Å². The summed E-state index contributed by atoms with van der Waals surface area (Å²) in [6.45, 7) is 6.01.